The van der Waals surface area contributed by atoms with Gasteiger partial charge in [-0.2, -0.15) is 0 Å². The Morgan fingerprint density at radius 2 is 1.86 bits per heavy atom. The number of anilines is 1. The van der Waals surface area contributed by atoms with Crippen LogP contribution in [0.3, 0.4) is 0 Å². The second-order valence-electron chi connectivity index (χ2n) is 6.92. The van der Waals surface area contributed by atoms with E-state index in [9.17, 15) is 4.79 Å². The molecule has 2 N–H and O–H groups in total. The zero-order valence-corrected chi connectivity index (χ0v) is 16.7. The largest absolute Gasteiger partial charge is 0.339 e. The number of nitrogens with zero attached hydrogens (tertiary/aromatic N) is 2. The van der Waals surface area contributed by atoms with Crippen LogP contribution in [0.4, 0.5) is 5.69 Å². The Morgan fingerprint density at radius 3 is 2.54 bits per heavy atom. The molecule has 4 aromatic rings. The van der Waals surface area contributed by atoms with E-state index in [1.807, 2.05) is 34.9 Å². The average Bonchev–Trinajstić information content (AvgIpc) is 3.08. The summed E-state index contributed by atoms with van der Waals surface area (Å²) < 4.78 is 2.40. The van der Waals surface area contributed by atoms with E-state index in [1.54, 1.807) is 6.20 Å². The summed E-state index contributed by atoms with van der Waals surface area (Å²) in [6.07, 6.45) is 3.78. The summed E-state index contributed by atoms with van der Waals surface area (Å²) in [5.74, 6) is -0.0923. The molecule has 2 aromatic carbocycles. The van der Waals surface area contributed by atoms with Crippen molar-refractivity contribution in [3.8, 4) is 22.4 Å². The molecular weight excluding hydrogens is 368 g/mol. The normalized spacial score (nSPS) is 11.0. The number of nitrogens with one attached hydrogen (secondary N) is 2. The van der Waals surface area contributed by atoms with E-state index in [2.05, 4.69) is 47.3 Å². The molecule has 0 atom stereocenters. The van der Waals surface area contributed by atoms with Crippen molar-refractivity contribution < 1.29 is 4.79 Å². The quantitative estimate of drug-likeness (QED) is 0.468. The van der Waals surface area contributed by atoms with Crippen LogP contribution in [0, 0.1) is 18.6 Å². The second-order valence-corrected chi connectivity index (χ2v) is 7.28. The van der Waals surface area contributed by atoms with E-state index in [0.717, 1.165) is 33.7 Å². The molecule has 0 aliphatic heterocycles. The fourth-order valence-electron chi connectivity index (χ4n) is 3.41. The van der Waals surface area contributed by atoms with Gasteiger partial charge in [-0.25, -0.2) is 4.98 Å². The zero-order chi connectivity index (χ0) is 19.8. The fourth-order valence-corrected chi connectivity index (χ4v) is 3.60. The number of fused-ring (bicyclic) bond motifs is 1. The molecule has 0 radical (unpaired) electrons. The van der Waals surface area contributed by atoms with Gasteiger partial charge in [0.2, 0.25) is 10.7 Å². The molecule has 2 heterocycles. The molecule has 0 bridgehead atoms. The Labute approximate surface area is 168 Å². The number of hydrogen-bond acceptors (Lipinski definition) is 3. The van der Waals surface area contributed by atoms with Crippen molar-refractivity contribution in [2.45, 2.75) is 20.8 Å². The lowest BCUT2D eigenvalue weighted by Gasteiger charge is -2.06. The highest BCUT2D eigenvalue weighted by atomic mass is 32.1. The zero-order valence-electron chi connectivity index (χ0n) is 15.9. The summed E-state index contributed by atoms with van der Waals surface area (Å²) in [5.41, 5.74) is 8.14. The SMILES string of the molecule is CC(=O)Nc1ccc(-c2cnc(=S)n3cc(-c4ccc(C)cc4C)[nH]c23)cc1. The summed E-state index contributed by atoms with van der Waals surface area (Å²) in [7, 11) is 0. The predicted octanol–water partition coefficient (Wildman–Crippen LogP) is 5.30. The van der Waals surface area contributed by atoms with Crippen molar-refractivity contribution >= 4 is 29.5 Å². The number of carbonyl (C=O) groups excluding carboxylic acids is 1. The van der Waals surface area contributed by atoms with E-state index in [0.29, 0.717) is 4.77 Å². The van der Waals surface area contributed by atoms with Gasteiger partial charge in [-0.3, -0.25) is 9.20 Å². The highest BCUT2D eigenvalue weighted by molar-refractivity contribution is 7.71. The molecular formula is C22H20N4OS. The molecule has 0 unspecified atom stereocenters. The molecule has 0 fully saturated rings. The number of aryl methyl sites for hydroxylation is 2. The molecule has 0 saturated heterocycles. The molecule has 0 aliphatic rings. The molecule has 2 aromatic heterocycles. The molecule has 28 heavy (non-hydrogen) atoms. The summed E-state index contributed by atoms with van der Waals surface area (Å²) in [4.78, 5) is 19.1. The van der Waals surface area contributed by atoms with Crippen LogP contribution in [0.1, 0.15) is 18.1 Å². The Morgan fingerprint density at radius 1 is 1.11 bits per heavy atom. The number of amides is 1. The van der Waals surface area contributed by atoms with Crippen molar-refractivity contribution in [1.82, 2.24) is 14.4 Å². The first kappa shape index (κ1) is 18.1. The third-order valence-corrected chi connectivity index (χ3v) is 5.01. The molecule has 1 amide bonds. The number of imidazole rings is 1. The van der Waals surface area contributed by atoms with Gasteiger partial charge in [0.15, 0.2) is 0 Å². The highest BCUT2D eigenvalue weighted by Gasteiger charge is 2.12. The number of hydrogen-bond donors (Lipinski definition) is 2. The van der Waals surface area contributed by atoms with Gasteiger partial charge in [-0.15, -0.1) is 0 Å². The van der Waals surface area contributed by atoms with Crippen LogP contribution in [-0.4, -0.2) is 20.3 Å². The van der Waals surface area contributed by atoms with Crippen LogP contribution in [0.25, 0.3) is 28.0 Å². The minimum atomic E-state index is -0.0923. The average molecular weight is 388 g/mol. The van der Waals surface area contributed by atoms with Crippen LogP contribution in [0.15, 0.2) is 54.9 Å². The van der Waals surface area contributed by atoms with Gasteiger partial charge in [0, 0.05) is 36.1 Å². The first-order chi connectivity index (χ1) is 13.4. The second kappa shape index (κ2) is 7.05. The molecule has 0 saturated carbocycles. The standard InChI is InChI=1S/C22H20N4OS/c1-13-4-9-18(14(2)10-13)20-12-26-21(25-20)19(11-23-22(26)28)16-5-7-17(8-6-16)24-15(3)27/h4-12,25H,1-3H3,(H,24,27). The summed E-state index contributed by atoms with van der Waals surface area (Å²) in [6.45, 7) is 5.69. The van der Waals surface area contributed by atoms with Gasteiger partial charge >= 0.3 is 0 Å². The van der Waals surface area contributed by atoms with Crippen LogP contribution >= 0.6 is 12.2 Å². The number of aromatic amines is 1. The first-order valence-corrected chi connectivity index (χ1v) is 9.39. The highest BCUT2D eigenvalue weighted by Crippen LogP contribution is 2.29. The number of H-pyrrole nitrogens is 1. The molecule has 4 rings (SSSR count). The van der Waals surface area contributed by atoms with E-state index >= 15 is 0 Å². The minimum Gasteiger partial charge on any atom is -0.339 e. The van der Waals surface area contributed by atoms with E-state index in [4.69, 9.17) is 12.2 Å². The van der Waals surface area contributed by atoms with Crippen molar-refractivity contribution in [1.29, 1.82) is 0 Å². The van der Waals surface area contributed by atoms with Gasteiger partial charge < -0.3 is 10.3 Å². The number of rotatable bonds is 3. The Hall–Kier alpha value is -3.25. The number of benzene rings is 2. The van der Waals surface area contributed by atoms with Crippen molar-refractivity contribution in [3.05, 3.63) is 70.8 Å². The molecule has 0 aliphatic carbocycles. The molecule has 140 valence electrons. The van der Waals surface area contributed by atoms with E-state index < -0.39 is 0 Å². The van der Waals surface area contributed by atoms with Crippen LogP contribution < -0.4 is 5.32 Å². The summed E-state index contributed by atoms with van der Waals surface area (Å²) >= 11 is 5.43. The van der Waals surface area contributed by atoms with Gasteiger partial charge in [0.1, 0.15) is 5.65 Å². The maximum Gasteiger partial charge on any atom is 0.221 e. The Bertz CT molecular complexity index is 1250. The van der Waals surface area contributed by atoms with Crippen molar-refractivity contribution in [3.63, 3.8) is 0 Å². The van der Waals surface area contributed by atoms with Gasteiger partial charge in [0.25, 0.3) is 0 Å². The Balaban J connectivity index is 1.84. The van der Waals surface area contributed by atoms with E-state index in [1.165, 1.54) is 18.1 Å². The first-order valence-electron chi connectivity index (χ1n) is 8.98. The third-order valence-electron chi connectivity index (χ3n) is 4.71. The third kappa shape index (κ3) is 3.34. The predicted molar refractivity (Wildman–Crippen MR) is 115 cm³/mol. The Kier molecular flexibility index (Phi) is 4.57. The lowest BCUT2D eigenvalue weighted by Crippen LogP contribution is -2.05. The van der Waals surface area contributed by atoms with Gasteiger partial charge in [-0.05, 0) is 49.3 Å². The fraction of sp³-hybridized carbons (Fsp3) is 0.136. The summed E-state index contributed by atoms with van der Waals surface area (Å²) in [5, 5.41) is 2.78. The summed E-state index contributed by atoms with van der Waals surface area (Å²) in [6, 6.07) is 14.1. The maximum atomic E-state index is 11.2. The van der Waals surface area contributed by atoms with Gasteiger partial charge in [-0.1, -0.05) is 35.9 Å². The number of carbonyl (C=O) groups is 1. The van der Waals surface area contributed by atoms with Crippen LogP contribution in [-0.2, 0) is 4.79 Å². The lowest BCUT2D eigenvalue weighted by molar-refractivity contribution is -0.114. The monoisotopic (exact) mass is 388 g/mol. The minimum absolute atomic E-state index is 0.0923. The lowest BCUT2D eigenvalue weighted by atomic mass is 10.0. The molecule has 6 heteroatoms. The van der Waals surface area contributed by atoms with Gasteiger partial charge in [0.05, 0.1) is 5.69 Å². The molecule has 5 nitrogen and oxygen atoms in total. The maximum absolute atomic E-state index is 11.2. The van der Waals surface area contributed by atoms with Crippen molar-refractivity contribution in [2.75, 3.05) is 5.32 Å². The smallest absolute Gasteiger partial charge is 0.221 e. The van der Waals surface area contributed by atoms with E-state index in [-0.39, 0.29) is 5.91 Å². The number of aromatic nitrogens is 3. The molecule has 0 spiro atoms. The topological polar surface area (TPSA) is 62.2 Å². The van der Waals surface area contributed by atoms with Crippen LogP contribution in [0.5, 0.6) is 0 Å². The van der Waals surface area contributed by atoms with Crippen molar-refractivity contribution in [2.24, 2.45) is 0 Å². The van der Waals surface area contributed by atoms with Crippen LogP contribution in [0.2, 0.25) is 0 Å².